The summed E-state index contributed by atoms with van der Waals surface area (Å²) in [5.74, 6) is -0.0866. The molecule has 27 heavy (non-hydrogen) atoms. The lowest BCUT2D eigenvalue weighted by atomic mass is 10.2. The van der Waals surface area contributed by atoms with Gasteiger partial charge in [-0.15, -0.1) is 0 Å². The highest BCUT2D eigenvalue weighted by Crippen LogP contribution is 2.13. The van der Waals surface area contributed by atoms with E-state index in [0.29, 0.717) is 18.2 Å². The van der Waals surface area contributed by atoms with Gasteiger partial charge >= 0.3 is 5.97 Å². The third-order valence-corrected chi connectivity index (χ3v) is 3.95. The summed E-state index contributed by atoms with van der Waals surface area (Å²) in [6, 6.07) is 14.5. The smallest absolute Gasteiger partial charge is 0.331 e. The van der Waals surface area contributed by atoms with Crippen LogP contribution in [0.25, 0.3) is 6.08 Å². The van der Waals surface area contributed by atoms with Gasteiger partial charge in [-0.1, -0.05) is 35.9 Å². The average molecular weight is 388 g/mol. The van der Waals surface area contributed by atoms with E-state index in [1.807, 2.05) is 43.3 Å². The number of esters is 1. The maximum atomic E-state index is 12.1. The first-order valence-corrected chi connectivity index (χ1v) is 8.92. The molecule has 0 radical (unpaired) electrons. The Morgan fingerprint density at radius 3 is 2.37 bits per heavy atom. The Kier molecular flexibility index (Phi) is 7.89. The van der Waals surface area contributed by atoms with Crippen molar-refractivity contribution in [2.24, 2.45) is 0 Å². The number of benzene rings is 2. The van der Waals surface area contributed by atoms with E-state index in [1.54, 1.807) is 25.3 Å². The zero-order valence-corrected chi connectivity index (χ0v) is 16.1. The number of carbonyl (C=O) groups excluding carboxylic acids is 2. The Hall–Kier alpha value is -2.79. The van der Waals surface area contributed by atoms with Crippen LogP contribution in [0.5, 0.6) is 5.75 Å². The molecule has 5 nitrogen and oxygen atoms in total. The summed E-state index contributed by atoms with van der Waals surface area (Å²) in [5, 5.41) is 0.640. The average Bonchev–Trinajstić information content (AvgIpc) is 2.67. The van der Waals surface area contributed by atoms with Crippen LogP contribution in [0.4, 0.5) is 0 Å². The number of amides is 1. The van der Waals surface area contributed by atoms with Gasteiger partial charge in [0.25, 0.3) is 5.91 Å². The van der Waals surface area contributed by atoms with Gasteiger partial charge in [-0.3, -0.25) is 4.79 Å². The fraction of sp³-hybridized carbons (Fsp3) is 0.238. The van der Waals surface area contributed by atoms with E-state index in [2.05, 4.69) is 0 Å². The van der Waals surface area contributed by atoms with Crippen LogP contribution in [-0.2, 0) is 20.9 Å². The molecular formula is C21H22ClNO4. The number of hydrogen-bond donors (Lipinski definition) is 0. The zero-order chi connectivity index (χ0) is 19.6. The first-order valence-electron chi connectivity index (χ1n) is 8.54. The van der Waals surface area contributed by atoms with Crippen molar-refractivity contribution in [1.82, 2.24) is 4.90 Å². The lowest BCUT2D eigenvalue weighted by Crippen LogP contribution is -2.30. The minimum absolute atomic E-state index is 0.284. The Morgan fingerprint density at radius 1 is 1.07 bits per heavy atom. The van der Waals surface area contributed by atoms with Gasteiger partial charge in [-0.05, 0) is 48.4 Å². The minimum Gasteiger partial charge on any atom is -0.494 e. The first kappa shape index (κ1) is 20.5. The van der Waals surface area contributed by atoms with Gasteiger partial charge in [0.15, 0.2) is 6.61 Å². The Labute approximate surface area is 164 Å². The van der Waals surface area contributed by atoms with Gasteiger partial charge in [0.05, 0.1) is 6.61 Å². The maximum Gasteiger partial charge on any atom is 0.331 e. The second-order valence-electron chi connectivity index (χ2n) is 5.82. The molecule has 0 unspecified atom stereocenters. The van der Waals surface area contributed by atoms with E-state index in [0.717, 1.165) is 16.9 Å². The van der Waals surface area contributed by atoms with Crippen molar-refractivity contribution in [2.45, 2.75) is 13.5 Å². The molecule has 0 aromatic heterocycles. The van der Waals surface area contributed by atoms with Gasteiger partial charge in [0, 0.05) is 24.7 Å². The second kappa shape index (κ2) is 10.4. The summed E-state index contributed by atoms with van der Waals surface area (Å²) in [5.41, 5.74) is 1.78. The minimum atomic E-state index is -0.572. The second-order valence-corrected chi connectivity index (χ2v) is 6.26. The van der Waals surface area contributed by atoms with Gasteiger partial charge in [0.1, 0.15) is 5.75 Å². The summed E-state index contributed by atoms with van der Waals surface area (Å²) in [4.78, 5) is 25.4. The van der Waals surface area contributed by atoms with Crippen molar-refractivity contribution in [1.29, 1.82) is 0 Å². The fourth-order valence-corrected chi connectivity index (χ4v) is 2.38. The largest absolute Gasteiger partial charge is 0.494 e. The molecule has 2 aromatic rings. The normalized spacial score (nSPS) is 10.6. The van der Waals surface area contributed by atoms with Gasteiger partial charge in [-0.25, -0.2) is 4.79 Å². The van der Waals surface area contributed by atoms with Crippen molar-refractivity contribution in [3.05, 3.63) is 70.8 Å². The molecule has 0 heterocycles. The number of likely N-dealkylation sites (N-methyl/N-ethyl adjacent to an activating group) is 1. The topological polar surface area (TPSA) is 55.8 Å². The van der Waals surface area contributed by atoms with Gasteiger partial charge in [0.2, 0.25) is 0 Å². The van der Waals surface area contributed by atoms with Crippen molar-refractivity contribution in [3.8, 4) is 5.75 Å². The lowest BCUT2D eigenvalue weighted by molar-refractivity contribution is -0.147. The Morgan fingerprint density at radius 2 is 1.74 bits per heavy atom. The molecule has 1 amide bonds. The first-order chi connectivity index (χ1) is 13.0. The van der Waals surface area contributed by atoms with E-state index in [4.69, 9.17) is 21.1 Å². The third-order valence-electron chi connectivity index (χ3n) is 3.70. The van der Waals surface area contributed by atoms with Crippen LogP contribution in [0.15, 0.2) is 54.6 Å². The SMILES string of the molecule is CCOc1ccc(/C=C/C(=O)OCC(=O)N(C)Cc2ccc(Cl)cc2)cc1. The summed E-state index contributed by atoms with van der Waals surface area (Å²) in [7, 11) is 1.65. The zero-order valence-electron chi connectivity index (χ0n) is 15.4. The Bertz CT molecular complexity index is 785. The van der Waals surface area contributed by atoms with Crippen LogP contribution in [-0.4, -0.2) is 37.0 Å². The number of ether oxygens (including phenoxy) is 2. The highest BCUT2D eigenvalue weighted by Gasteiger charge is 2.11. The predicted molar refractivity (Wildman–Crippen MR) is 106 cm³/mol. The van der Waals surface area contributed by atoms with Crippen LogP contribution in [0, 0.1) is 0 Å². The monoisotopic (exact) mass is 387 g/mol. The molecule has 0 N–H and O–H groups in total. The van der Waals surface area contributed by atoms with E-state index < -0.39 is 5.97 Å². The Balaban J connectivity index is 1.78. The van der Waals surface area contributed by atoms with E-state index in [-0.39, 0.29) is 12.5 Å². The molecule has 0 saturated heterocycles. The van der Waals surface area contributed by atoms with Crippen LogP contribution in [0.3, 0.4) is 0 Å². The fourth-order valence-electron chi connectivity index (χ4n) is 2.25. The highest BCUT2D eigenvalue weighted by molar-refractivity contribution is 6.30. The molecule has 0 atom stereocenters. The van der Waals surface area contributed by atoms with E-state index in [1.165, 1.54) is 11.0 Å². The van der Waals surface area contributed by atoms with E-state index in [9.17, 15) is 9.59 Å². The van der Waals surface area contributed by atoms with Crippen molar-refractivity contribution in [2.75, 3.05) is 20.3 Å². The molecule has 0 saturated carbocycles. The molecular weight excluding hydrogens is 366 g/mol. The van der Waals surface area contributed by atoms with Crippen LogP contribution in [0.2, 0.25) is 5.02 Å². The molecule has 0 aliphatic carbocycles. The molecule has 0 bridgehead atoms. The van der Waals surface area contributed by atoms with Gasteiger partial charge < -0.3 is 14.4 Å². The number of rotatable bonds is 8. The highest BCUT2D eigenvalue weighted by atomic mass is 35.5. The maximum absolute atomic E-state index is 12.1. The molecule has 0 fully saturated rings. The van der Waals surface area contributed by atoms with Gasteiger partial charge in [-0.2, -0.15) is 0 Å². The molecule has 2 aromatic carbocycles. The molecule has 0 spiro atoms. The van der Waals surface area contributed by atoms with Crippen molar-refractivity contribution in [3.63, 3.8) is 0 Å². The van der Waals surface area contributed by atoms with Crippen LogP contribution >= 0.6 is 11.6 Å². The quantitative estimate of drug-likeness (QED) is 0.508. The predicted octanol–water partition coefficient (Wildman–Crippen LogP) is 3.95. The molecule has 2 rings (SSSR count). The van der Waals surface area contributed by atoms with Crippen LogP contribution < -0.4 is 4.74 Å². The number of carbonyl (C=O) groups is 2. The number of halogens is 1. The van der Waals surface area contributed by atoms with Crippen LogP contribution in [0.1, 0.15) is 18.1 Å². The standard InChI is InChI=1S/C21H22ClNO4/c1-3-26-19-11-6-16(7-12-19)8-13-21(25)27-15-20(24)23(2)14-17-4-9-18(22)10-5-17/h4-13H,3,14-15H2,1-2H3/b13-8+. The summed E-state index contributed by atoms with van der Waals surface area (Å²) in [6.07, 6.45) is 2.92. The summed E-state index contributed by atoms with van der Waals surface area (Å²) < 4.78 is 10.4. The van der Waals surface area contributed by atoms with Crippen molar-refractivity contribution < 1.29 is 19.1 Å². The molecule has 6 heteroatoms. The third kappa shape index (κ3) is 7.15. The lowest BCUT2D eigenvalue weighted by Gasteiger charge is -2.17. The number of nitrogens with zero attached hydrogens (tertiary/aromatic N) is 1. The summed E-state index contributed by atoms with van der Waals surface area (Å²) in [6.45, 7) is 2.62. The van der Waals surface area contributed by atoms with E-state index >= 15 is 0 Å². The molecule has 0 aliphatic heterocycles. The number of hydrogen-bond acceptors (Lipinski definition) is 4. The van der Waals surface area contributed by atoms with Crippen molar-refractivity contribution >= 4 is 29.6 Å². The summed E-state index contributed by atoms with van der Waals surface area (Å²) >= 11 is 5.84. The molecule has 142 valence electrons. The molecule has 0 aliphatic rings.